The number of anilines is 2. The van der Waals surface area contributed by atoms with Crippen molar-refractivity contribution < 1.29 is 0 Å². The van der Waals surface area contributed by atoms with Crippen molar-refractivity contribution >= 4 is 28.7 Å². The molecule has 0 amide bonds. The van der Waals surface area contributed by atoms with Gasteiger partial charge >= 0.3 is 0 Å². The van der Waals surface area contributed by atoms with Gasteiger partial charge in [0.25, 0.3) is 0 Å². The molecule has 5 heteroatoms. The van der Waals surface area contributed by atoms with Crippen LogP contribution in [0, 0.1) is 5.92 Å². The van der Waals surface area contributed by atoms with Crippen LogP contribution in [0.25, 0.3) is 0 Å². The Morgan fingerprint density at radius 1 is 1.29 bits per heavy atom. The summed E-state index contributed by atoms with van der Waals surface area (Å²) in [7, 11) is 0. The highest BCUT2D eigenvalue weighted by Gasteiger charge is 2.16. The van der Waals surface area contributed by atoms with Gasteiger partial charge in [0.15, 0.2) is 5.11 Å². The number of thiocarbonyl (C=S) groups is 1. The third-order valence-corrected chi connectivity index (χ3v) is 4.58. The molecule has 1 saturated heterocycles. The fraction of sp³-hybridized carbons (Fsp3) is 0.368. The quantitative estimate of drug-likeness (QED) is 0.829. The van der Waals surface area contributed by atoms with E-state index in [9.17, 15) is 0 Å². The zero-order chi connectivity index (χ0) is 16.8. The standard InChI is InChI=1S/C19H24N4S/c1-15-4-3-11-23(14-15)18-8-6-16(7-9-18)12-21-19(24)22-17-5-2-10-20-13-17/h2,5-10,13,15H,3-4,11-12,14H2,1H3,(H2,21,22,24)/t15-/m0/s1. The van der Waals surface area contributed by atoms with Gasteiger partial charge in [0.1, 0.15) is 0 Å². The minimum atomic E-state index is 0.608. The zero-order valence-electron chi connectivity index (χ0n) is 14.0. The highest BCUT2D eigenvalue weighted by Crippen LogP contribution is 2.23. The van der Waals surface area contributed by atoms with Crippen molar-refractivity contribution in [2.75, 3.05) is 23.3 Å². The van der Waals surface area contributed by atoms with Gasteiger partial charge in [-0.3, -0.25) is 4.98 Å². The molecule has 0 aliphatic carbocycles. The average Bonchev–Trinajstić information content (AvgIpc) is 2.61. The molecule has 2 heterocycles. The predicted octanol–water partition coefficient (Wildman–Crippen LogP) is 3.80. The maximum absolute atomic E-state index is 5.32. The molecule has 0 radical (unpaired) electrons. The van der Waals surface area contributed by atoms with Gasteiger partial charge in [-0.15, -0.1) is 0 Å². The Balaban J connectivity index is 1.50. The van der Waals surface area contributed by atoms with E-state index in [0.29, 0.717) is 11.7 Å². The first-order chi connectivity index (χ1) is 11.7. The van der Waals surface area contributed by atoms with Crippen molar-refractivity contribution in [2.45, 2.75) is 26.3 Å². The van der Waals surface area contributed by atoms with E-state index >= 15 is 0 Å². The van der Waals surface area contributed by atoms with E-state index < -0.39 is 0 Å². The Morgan fingerprint density at radius 2 is 2.12 bits per heavy atom. The van der Waals surface area contributed by atoms with Gasteiger partial charge < -0.3 is 15.5 Å². The minimum Gasteiger partial charge on any atom is -0.371 e. The fourth-order valence-corrected chi connectivity index (χ4v) is 3.23. The number of nitrogens with zero attached hydrogens (tertiary/aromatic N) is 2. The second-order valence-electron chi connectivity index (χ2n) is 6.41. The molecule has 126 valence electrons. The molecule has 1 fully saturated rings. The van der Waals surface area contributed by atoms with Crippen LogP contribution in [0.15, 0.2) is 48.8 Å². The second-order valence-corrected chi connectivity index (χ2v) is 6.82. The van der Waals surface area contributed by atoms with Gasteiger partial charge in [-0.2, -0.15) is 0 Å². The summed E-state index contributed by atoms with van der Waals surface area (Å²) >= 11 is 5.32. The van der Waals surface area contributed by atoms with Crippen molar-refractivity contribution in [3.05, 3.63) is 54.4 Å². The van der Waals surface area contributed by atoms with E-state index in [1.54, 1.807) is 12.4 Å². The molecule has 0 bridgehead atoms. The highest BCUT2D eigenvalue weighted by atomic mass is 32.1. The molecule has 0 saturated carbocycles. The van der Waals surface area contributed by atoms with Gasteiger partial charge in [0, 0.05) is 31.5 Å². The molecule has 0 spiro atoms. The molecule has 2 aromatic rings. The lowest BCUT2D eigenvalue weighted by Crippen LogP contribution is -2.34. The van der Waals surface area contributed by atoms with Crippen LogP contribution in [-0.4, -0.2) is 23.2 Å². The summed E-state index contributed by atoms with van der Waals surface area (Å²) in [6, 6.07) is 12.6. The average molecular weight is 340 g/mol. The van der Waals surface area contributed by atoms with E-state index in [2.05, 4.69) is 51.7 Å². The number of hydrogen-bond acceptors (Lipinski definition) is 3. The molecular weight excluding hydrogens is 316 g/mol. The molecular formula is C19H24N4S. The number of rotatable bonds is 4. The van der Waals surface area contributed by atoms with E-state index in [-0.39, 0.29) is 0 Å². The van der Waals surface area contributed by atoms with E-state index in [4.69, 9.17) is 12.2 Å². The Labute approximate surface area is 149 Å². The maximum Gasteiger partial charge on any atom is 0.171 e. The Kier molecular flexibility index (Phi) is 5.64. The van der Waals surface area contributed by atoms with Gasteiger partial charge in [-0.25, -0.2) is 0 Å². The zero-order valence-corrected chi connectivity index (χ0v) is 14.9. The minimum absolute atomic E-state index is 0.608. The molecule has 1 aliphatic rings. The lowest BCUT2D eigenvalue weighted by atomic mass is 9.99. The van der Waals surface area contributed by atoms with Gasteiger partial charge in [0.05, 0.1) is 11.9 Å². The van der Waals surface area contributed by atoms with Crippen LogP contribution in [0.5, 0.6) is 0 Å². The van der Waals surface area contributed by atoms with Crippen LogP contribution in [0.1, 0.15) is 25.3 Å². The largest absolute Gasteiger partial charge is 0.371 e. The number of benzene rings is 1. The summed E-state index contributed by atoms with van der Waals surface area (Å²) in [6.45, 7) is 5.38. The molecule has 24 heavy (non-hydrogen) atoms. The lowest BCUT2D eigenvalue weighted by molar-refractivity contribution is 0.447. The summed E-state index contributed by atoms with van der Waals surface area (Å²) in [6.07, 6.45) is 6.13. The topological polar surface area (TPSA) is 40.2 Å². The lowest BCUT2D eigenvalue weighted by Gasteiger charge is -2.32. The van der Waals surface area contributed by atoms with Gasteiger partial charge in [0.2, 0.25) is 0 Å². The van der Waals surface area contributed by atoms with Crippen molar-refractivity contribution in [1.29, 1.82) is 0 Å². The van der Waals surface area contributed by atoms with Crippen LogP contribution in [0.2, 0.25) is 0 Å². The molecule has 2 N–H and O–H groups in total. The molecule has 3 rings (SSSR count). The smallest absolute Gasteiger partial charge is 0.171 e. The first kappa shape index (κ1) is 16.7. The van der Waals surface area contributed by atoms with Crippen LogP contribution < -0.4 is 15.5 Å². The Bertz CT molecular complexity index is 657. The molecule has 1 aliphatic heterocycles. The summed E-state index contributed by atoms with van der Waals surface area (Å²) in [4.78, 5) is 6.55. The first-order valence-electron chi connectivity index (χ1n) is 8.49. The van der Waals surface area contributed by atoms with E-state index in [1.807, 2.05) is 12.1 Å². The second kappa shape index (κ2) is 8.11. The highest BCUT2D eigenvalue weighted by molar-refractivity contribution is 7.80. The molecule has 4 nitrogen and oxygen atoms in total. The van der Waals surface area contributed by atoms with Crippen LogP contribution in [0.3, 0.4) is 0 Å². The summed E-state index contributed by atoms with van der Waals surface area (Å²) < 4.78 is 0. The van der Waals surface area contributed by atoms with E-state index in [0.717, 1.165) is 18.2 Å². The van der Waals surface area contributed by atoms with Crippen molar-refractivity contribution in [3.63, 3.8) is 0 Å². The summed E-state index contributed by atoms with van der Waals surface area (Å²) in [5, 5.41) is 6.97. The number of pyridine rings is 1. The van der Waals surface area contributed by atoms with Crippen molar-refractivity contribution in [1.82, 2.24) is 10.3 Å². The van der Waals surface area contributed by atoms with Gasteiger partial charge in [-0.05, 0) is 60.8 Å². The van der Waals surface area contributed by atoms with Crippen molar-refractivity contribution in [2.24, 2.45) is 5.92 Å². The summed E-state index contributed by atoms with van der Waals surface area (Å²) in [5.74, 6) is 0.788. The van der Waals surface area contributed by atoms with Crippen LogP contribution in [0.4, 0.5) is 11.4 Å². The third-order valence-electron chi connectivity index (χ3n) is 4.33. The van der Waals surface area contributed by atoms with Crippen molar-refractivity contribution in [3.8, 4) is 0 Å². The van der Waals surface area contributed by atoms with Crippen LogP contribution in [-0.2, 0) is 6.54 Å². The fourth-order valence-electron chi connectivity index (χ4n) is 3.04. The summed E-state index contributed by atoms with van der Waals surface area (Å²) in [5.41, 5.74) is 3.44. The van der Waals surface area contributed by atoms with Crippen LogP contribution >= 0.6 is 12.2 Å². The maximum atomic E-state index is 5.32. The number of hydrogen-bond donors (Lipinski definition) is 2. The Morgan fingerprint density at radius 3 is 2.83 bits per heavy atom. The first-order valence-corrected chi connectivity index (χ1v) is 8.90. The number of aromatic nitrogens is 1. The monoisotopic (exact) mass is 340 g/mol. The third kappa shape index (κ3) is 4.68. The molecule has 1 aromatic carbocycles. The SMILES string of the molecule is C[C@H]1CCCN(c2ccc(CNC(=S)Nc3cccnc3)cc2)C1. The predicted molar refractivity (Wildman–Crippen MR) is 104 cm³/mol. The molecule has 0 unspecified atom stereocenters. The van der Waals surface area contributed by atoms with E-state index in [1.165, 1.54) is 30.6 Å². The number of piperidine rings is 1. The van der Waals surface area contributed by atoms with Gasteiger partial charge in [-0.1, -0.05) is 19.1 Å². The molecule has 1 aromatic heterocycles. The normalized spacial score (nSPS) is 17.4. The number of nitrogens with one attached hydrogen (secondary N) is 2. The molecule has 1 atom stereocenters. The Hall–Kier alpha value is -2.14.